The second-order valence-electron chi connectivity index (χ2n) is 24.6. The van der Waals surface area contributed by atoms with Gasteiger partial charge in [0.25, 0.3) is 0 Å². The molecule has 14 rings (SSSR count). The standard InChI is InChI=1S/5C12H10.2C6H12.2C6H6.4C3H8.2C2H3F3.16C2H6.4CH3Cl.2CH4O/c5*1-3-7-11(8-4-1)12-9-5-2-6-10-12;4*1-2-4-6-5-3-1;4*1-3-2;2*1-2(3,4)5;22*1-2/h5*1-10H;2*1-6H2;2*1-6H;4*3H2,1-2H3;2*1H3;16*1-2H3;4*1H3;2*2H,1H3. The van der Waals surface area contributed by atoms with Crippen LogP contribution in [0.25, 0.3) is 55.6 Å². The zero-order valence-corrected chi connectivity index (χ0v) is 109. The van der Waals surface area contributed by atoms with Gasteiger partial charge in [-0.2, -0.15) is 26.3 Å². The minimum atomic E-state index is -4.00. The molecule has 0 unspecified atom stereocenters. The molecular formula is C138H240Cl4F6O2. The van der Waals surface area contributed by atoms with E-state index in [1.54, 1.807) is 0 Å². The van der Waals surface area contributed by atoms with Crippen molar-refractivity contribution < 1.29 is 36.6 Å². The van der Waals surface area contributed by atoms with Gasteiger partial charge in [0.15, 0.2) is 0 Å². The molecule has 0 aromatic heterocycles. The van der Waals surface area contributed by atoms with Crippen molar-refractivity contribution in [2.45, 2.75) is 406 Å². The van der Waals surface area contributed by atoms with Gasteiger partial charge in [-0.3, -0.25) is 0 Å². The first kappa shape index (κ1) is 199. The highest BCUT2D eigenvalue weighted by molar-refractivity contribution is 6.15. The van der Waals surface area contributed by atoms with Gasteiger partial charge in [-0.15, -0.1) is 46.4 Å². The first-order chi connectivity index (χ1) is 73.5. The molecule has 0 radical (unpaired) electrons. The lowest BCUT2D eigenvalue weighted by Crippen LogP contribution is -1.95. The van der Waals surface area contributed by atoms with Crippen LogP contribution in [-0.4, -0.2) is 62.3 Å². The van der Waals surface area contributed by atoms with Crippen molar-refractivity contribution in [3.05, 3.63) is 376 Å². The maximum Gasteiger partial charge on any atom is 0.386 e. The van der Waals surface area contributed by atoms with E-state index >= 15 is 0 Å². The number of alkyl halides is 10. The lowest BCUT2D eigenvalue weighted by Gasteiger charge is -2.05. The highest BCUT2D eigenvalue weighted by Gasteiger charge is 2.16. The summed E-state index contributed by atoms with van der Waals surface area (Å²) in [5.74, 6) is 0. The zero-order valence-electron chi connectivity index (χ0n) is 106. The van der Waals surface area contributed by atoms with Gasteiger partial charge in [-0.05, 0) is 55.6 Å². The number of benzene rings is 12. The quantitative estimate of drug-likeness (QED) is 0.133. The molecule has 12 aromatic carbocycles. The molecule has 0 atom stereocenters. The van der Waals surface area contributed by atoms with Crippen molar-refractivity contribution in [2.24, 2.45) is 0 Å². The van der Waals surface area contributed by atoms with Gasteiger partial charge in [0, 0.05) is 53.6 Å². The topological polar surface area (TPSA) is 40.5 Å². The van der Waals surface area contributed by atoms with Crippen LogP contribution in [0, 0.1) is 0 Å². The molecule has 2 aliphatic carbocycles. The van der Waals surface area contributed by atoms with E-state index in [-0.39, 0.29) is 13.8 Å². The summed E-state index contributed by atoms with van der Waals surface area (Å²) in [4.78, 5) is 0. The van der Waals surface area contributed by atoms with Gasteiger partial charge in [-0.1, -0.05) is 756 Å². The van der Waals surface area contributed by atoms with E-state index < -0.39 is 12.4 Å². The van der Waals surface area contributed by atoms with Gasteiger partial charge in [0.05, 0.1) is 0 Å². The van der Waals surface area contributed by atoms with Gasteiger partial charge in [0.2, 0.25) is 0 Å². The lowest BCUT2D eigenvalue weighted by atomic mass is 10.0. The molecule has 0 bridgehead atoms. The Balaban J connectivity index is -0.0000000542. The van der Waals surface area contributed by atoms with Crippen molar-refractivity contribution in [3.63, 3.8) is 0 Å². The molecule has 2 fully saturated rings. The Labute approximate surface area is 953 Å². The van der Waals surface area contributed by atoms with Crippen molar-refractivity contribution >= 4 is 46.4 Å². The summed E-state index contributed by atoms with van der Waals surface area (Å²) >= 11 is 18.6. The Morgan fingerprint density at radius 2 is 0.173 bits per heavy atom. The number of rotatable bonds is 5. The van der Waals surface area contributed by atoms with Crippen LogP contribution in [0.3, 0.4) is 0 Å². The van der Waals surface area contributed by atoms with Crippen LogP contribution in [0.15, 0.2) is 376 Å². The van der Waals surface area contributed by atoms with Crippen LogP contribution in [0.2, 0.25) is 0 Å². The fourth-order valence-electron chi connectivity index (χ4n) is 9.20. The van der Waals surface area contributed by atoms with Crippen molar-refractivity contribution in [2.75, 3.05) is 39.8 Å². The summed E-state index contributed by atoms with van der Waals surface area (Å²) in [6, 6.07) is 128. The molecule has 2 nitrogen and oxygen atoms in total. The molecule has 0 amide bonds. The van der Waals surface area contributed by atoms with E-state index in [0.29, 0.717) is 0 Å². The minimum absolute atomic E-state index is 0.188. The summed E-state index contributed by atoms with van der Waals surface area (Å²) in [7, 11) is 2.00. The summed E-state index contributed by atoms with van der Waals surface area (Å²) in [6.07, 6.45) is 20.9. The molecule has 2 N–H and O–H groups in total. The summed E-state index contributed by atoms with van der Waals surface area (Å²) in [5, 5.41) is 14.0. The average molecular weight is 2190 g/mol. The maximum absolute atomic E-state index is 10.4. The lowest BCUT2D eigenvalue weighted by molar-refractivity contribution is -0.111. The normalized spacial score (nSPS) is 8.59. The third-order valence-corrected chi connectivity index (χ3v) is 13.7. The van der Waals surface area contributed by atoms with Crippen LogP contribution < -0.4 is 0 Å². The summed E-state index contributed by atoms with van der Waals surface area (Å²) in [6.45, 7) is 81.4. The van der Waals surface area contributed by atoms with Gasteiger partial charge < -0.3 is 10.2 Å². The number of aliphatic hydroxyl groups excluding tert-OH is 2. The van der Waals surface area contributed by atoms with Crippen LogP contribution >= 0.6 is 46.4 Å². The highest BCUT2D eigenvalue weighted by atomic mass is 35.5. The Bertz CT molecular complexity index is 2860. The second kappa shape index (κ2) is 220. The zero-order chi connectivity index (χ0) is 122. The van der Waals surface area contributed by atoms with E-state index in [9.17, 15) is 26.3 Å². The molecule has 2 aliphatic rings. The first-order valence-electron chi connectivity index (χ1n) is 56.6. The third-order valence-electron chi connectivity index (χ3n) is 13.7. The Morgan fingerprint density at radius 1 is 0.140 bits per heavy atom. The van der Waals surface area contributed by atoms with E-state index in [0.717, 1.165) is 14.2 Å². The predicted molar refractivity (Wildman–Crippen MR) is 700 cm³/mol. The fourth-order valence-corrected chi connectivity index (χ4v) is 9.20. The monoisotopic (exact) mass is 2180 g/mol. The van der Waals surface area contributed by atoms with Crippen LogP contribution in [-0.2, 0) is 0 Å². The fraction of sp³-hybridized carbons (Fsp3) is 0.478. The first-order valence-corrected chi connectivity index (χ1v) is 59.6. The van der Waals surface area contributed by atoms with Crippen molar-refractivity contribution in [1.29, 1.82) is 0 Å². The maximum atomic E-state index is 10.4. The number of hydrogen-bond acceptors (Lipinski definition) is 2. The summed E-state index contributed by atoms with van der Waals surface area (Å²) < 4.78 is 62.1. The van der Waals surface area contributed by atoms with Crippen molar-refractivity contribution in [3.8, 4) is 55.6 Å². The van der Waals surface area contributed by atoms with Crippen LogP contribution in [0.5, 0.6) is 0 Å². The number of halogens is 10. The molecule has 0 heterocycles. The number of aliphatic hydroxyl groups is 2. The minimum Gasteiger partial charge on any atom is -0.400 e. The van der Waals surface area contributed by atoms with Crippen LogP contribution in [0.1, 0.15) is 394 Å². The van der Waals surface area contributed by atoms with E-state index in [1.165, 1.54) is 184 Å². The Morgan fingerprint density at radius 3 is 0.213 bits per heavy atom. The van der Waals surface area contributed by atoms with Gasteiger partial charge in [0.1, 0.15) is 0 Å². The molecule has 2 saturated carbocycles. The molecule has 12 heteroatoms. The Kier molecular flexibility index (Phi) is 291. The molecule has 0 spiro atoms. The van der Waals surface area contributed by atoms with Crippen LogP contribution in [0.4, 0.5) is 26.3 Å². The molecule has 0 aliphatic heterocycles. The third kappa shape index (κ3) is 200. The Hall–Kier alpha value is -8.70. The molecule has 150 heavy (non-hydrogen) atoms. The molecular weight excluding hydrogens is 1950 g/mol. The average Bonchev–Trinajstić information content (AvgIpc) is 0.909. The highest BCUT2D eigenvalue weighted by Crippen LogP contribution is 2.23. The predicted octanol–water partition coefficient (Wildman–Crippen LogP) is 52.7. The molecule has 874 valence electrons. The van der Waals surface area contributed by atoms with E-state index in [1.807, 2.05) is 355 Å². The SMILES string of the molecule is C1CCCCC1.C1CCCCC1.CC.CC.CC.CC.CC.CC.CC.CC.CC.CC.CC.CC.CC.CC.CC.CC.CC(F)(F)F.CC(F)(F)F.CCC.CCC.CCC.CCC.CCl.CCl.CCl.CCl.CO.CO.c1ccc(-c2ccccc2)cc1.c1ccc(-c2ccccc2)cc1.c1ccc(-c2ccccc2)cc1.c1ccc(-c2ccccc2)cc1.c1ccc(-c2ccccc2)cc1.c1ccccc1.c1ccccc1. The largest absolute Gasteiger partial charge is 0.400 e. The van der Waals surface area contributed by atoms with E-state index in [4.69, 9.17) is 10.2 Å². The van der Waals surface area contributed by atoms with Crippen molar-refractivity contribution in [1.82, 2.24) is 0 Å². The van der Waals surface area contributed by atoms with Gasteiger partial charge in [-0.25, -0.2) is 0 Å². The second-order valence-corrected chi connectivity index (χ2v) is 24.6. The molecule has 12 aromatic rings. The summed E-state index contributed by atoms with van der Waals surface area (Å²) in [5.41, 5.74) is 12.8. The number of hydrogen-bond donors (Lipinski definition) is 2. The smallest absolute Gasteiger partial charge is 0.386 e. The molecule has 0 saturated heterocycles. The van der Waals surface area contributed by atoms with Gasteiger partial charge >= 0.3 is 12.4 Å². The van der Waals surface area contributed by atoms with E-state index in [2.05, 4.69) is 344 Å².